The van der Waals surface area contributed by atoms with Crippen LogP contribution < -0.4 is 0 Å². The largest absolute Gasteiger partial charge is 0.348 e. The smallest absolute Gasteiger partial charge is 0.187 e. The van der Waals surface area contributed by atoms with Crippen LogP contribution in [0.3, 0.4) is 0 Å². The minimum atomic E-state index is 0.337. The molecular weight excluding hydrogens is 236 g/mol. The van der Waals surface area contributed by atoms with E-state index in [1.165, 1.54) is 11.1 Å². The Hall–Kier alpha value is -2.08. The van der Waals surface area contributed by atoms with E-state index in [9.17, 15) is 4.79 Å². The molecule has 1 aliphatic carbocycles. The number of hydrogen-bond acceptors (Lipinski definition) is 1. The zero-order valence-corrected chi connectivity index (χ0v) is 11.0. The van der Waals surface area contributed by atoms with Gasteiger partial charge in [0.05, 0.1) is 6.57 Å². The maximum absolute atomic E-state index is 11.5. The molecule has 0 bridgehead atoms. The predicted octanol–water partition coefficient (Wildman–Crippen LogP) is 4.05. The van der Waals surface area contributed by atoms with Gasteiger partial charge in [0, 0.05) is 31.1 Å². The summed E-state index contributed by atoms with van der Waals surface area (Å²) in [6, 6.07) is 5.85. The van der Waals surface area contributed by atoms with Gasteiger partial charge in [0.1, 0.15) is 5.78 Å². The molecule has 0 radical (unpaired) electrons. The lowest BCUT2D eigenvalue weighted by molar-refractivity contribution is -0.117. The number of aryl methyl sites for hydroxylation is 1. The van der Waals surface area contributed by atoms with Crippen molar-refractivity contribution in [2.75, 3.05) is 0 Å². The predicted molar refractivity (Wildman–Crippen MR) is 75.5 cm³/mol. The number of carbonyl (C=O) groups excluding carboxylic acids is 1. The van der Waals surface area contributed by atoms with E-state index in [4.69, 9.17) is 6.57 Å². The first-order chi connectivity index (χ1) is 9.22. The molecule has 1 aromatic carbocycles. The van der Waals surface area contributed by atoms with E-state index < -0.39 is 0 Å². The van der Waals surface area contributed by atoms with Crippen molar-refractivity contribution in [3.8, 4) is 0 Å². The van der Waals surface area contributed by atoms with Crippen LogP contribution in [-0.4, -0.2) is 10.4 Å². The zero-order valence-electron chi connectivity index (χ0n) is 11.0. The number of Topliss-reactive ketones (excluding diaryl/α,β-unsaturated/α-hetero) is 1. The molecule has 1 saturated carbocycles. The molecule has 0 N–H and O–H groups in total. The summed E-state index contributed by atoms with van der Waals surface area (Å²) in [6.45, 7) is 10.2. The SMILES string of the molecule is [C-]#[N+]c1ccc2c(c1)c(C1CCC(=O)C1)cn2CC. The Morgan fingerprint density at radius 1 is 1.47 bits per heavy atom. The molecule has 0 aliphatic heterocycles. The van der Waals surface area contributed by atoms with E-state index in [1.807, 2.05) is 18.2 Å². The van der Waals surface area contributed by atoms with E-state index in [1.54, 1.807) is 0 Å². The fourth-order valence-corrected chi connectivity index (χ4v) is 3.05. The lowest BCUT2D eigenvalue weighted by Crippen LogP contribution is -1.94. The van der Waals surface area contributed by atoms with Crippen LogP contribution in [-0.2, 0) is 11.3 Å². The molecule has 1 aliphatic rings. The van der Waals surface area contributed by atoms with Crippen molar-refractivity contribution < 1.29 is 4.79 Å². The first-order valence-electron chi connectivity index (χ1n) is 6.75. The van der Waals surface area contributed by atoms with Gasteiger partial charge in [-0.2, -0.15) is 0 Å². The van der Waals surface area contributed by atoms with Crippen molar-refractivity contribution in [1.82, 2.24) is 4.57 Å². The van der Waals surface area contributed by atoms with Gasteiger partial charge in [0.25, 0.3) is 0 Å². The van der Waals surface area contributed by atoms with Crippen LogP contribution in [0, 0.1) is 6.57 Å². The maximum atomic E-state index is 11.5. The lowest BCUT2D eigenvalue weighted by atomic mass is 9.97. The molecule has 1 fully saturated rings. The molecule has 19 heavy (non-hydrogen) atoms. The van der Waals surface area contributed by atoms with Crippen LogP contribution >= 0.6 is 0 Å². The number of benzene rings is 1. The van der Waals surface area contributed by atoms with E-state index in [0.717, 1.165) is 18.4 Å². The average Bonchev–Trinajstić information content (AvgIpc) is 3.01. The van der Waals surface area contributed by atoms with Gasteiger partial charge in [-0.3, -0.25) is 4.79 Å². The Morgan fingerprint density at radius 2 is 2.32 bits per heavy atom. The van der Waals surface area contributed by atoms with Crippen LogP contribution in [0.25, 0.3) is 15.7 Å². The summed E-state index contributed by atoms with van der Waals surface area (Å²) in [5, 5.41) is 1.15. The second-order valence-corrected chi connectivity index (χ2v) is 5.16. The molecule has 3 heteroatoms. The van der Waals surface area contributed by atoms with Gasteiger partial charge >= 0.3 is 0 Å². The molecule has 2 aromatic rings. The standard InChI is InChI=1S/C16H16N2O/c1-3-18-10-15(11-4-6-13(19)8-11)14-9-12(17-2)5-7-16(14)18/h5,7,9-11H,3-4,6,8H2,1H3. The highest BCUT2D eigenvalue weighted by Gasteiger charge is 2.26. The quantitative estimate of drug-likeness (QED) is 0.740. The molecular formula is C16H16N2O. The van der Waals surface area contributed by atoms with Crippen LogP contribution in [0.15, 0.2) is 24.4 Å². The first-order valence-corrected chi connectivity index (χ1v) is 6.75. The van der Waals surface area contributed by atoms with Crippen molar-refractivity contribution in [1.29, 1.82) is 0 Å². The van der Waals surface area contributed by atoms with E-state index in [2.05, 4.69) is 22.5 Å². The topological polar surface area (TPSA) is 26.4 Å². The summed E-state index contributed by atoms with van der Waals surface area (Å²) in [5.41, 5.74) is 3.09. The van der Waals surface area contributed by atoms with Gasteiger partial charge in [0.15, 0.2) is 5.69 Å². The maximum Gasteiger partial charge on any atom is 0.187 e. The van der Waals surface area contributed by atoms with Crippen LogP contribution in [0.4, 0.5) is 5.69 Å². The van der Waals surface area contributed by atoms with E-state index in [-0.39, 0.29) is 0 Å². The number of ketones is 1. The highest BCUT2D eigenvalue weighted by Crippen LogP contribution is 2.38. The number of fused-ring (bicyclic) bond motifs is 1. The van der Waals surface area contributed by atoms with Crippen molar-refractivity contribution in [2.24, 2.45) is 0 Å². The van der Waals surface area contributed by atoms with Crippen molar-refractivity contribution >= 4 is 22.4 Å². The van der Waals surface area contributed by atoms with Crippen molar-refractivity contribution in [2.45, 2.75) is 38.6 Å². The number of aromatic nitrogens is 1. The monoisotopic (exact) mass is 252 g/mol. The molecule has 3 nitrogen and oxygen atoms in total. The summed E-state index contributed by atoms with van der Waals surface area (Å²) in [4.78, 5) is 15.0. The third kappa shape index (κ3) is 1.94. The summed E-state index contributed by atoms with van der Waals surface area (Å²) < 4.78 is 2.21. The first kappa shape index (κ1) is 12.0. The molecule has 1 heterocycles. The molecule has 1 atom stereocenters. The van der Waals surface area contributed by atoms with Crippen LogP contribution in [0.2, 0.25) is 0 Å². The Kier molecular flexibility index (Phi) is 2.87. The number of hydrogen-bond donors (Lipinski definition) is 0. The van der Waals surface area contributed by atoms with Gasteiger partial charge in [-0.1, -0.05) is 6.07 Å². The highest BCUT2D eigenvalue weighted by molar-refractivity contribution is 5.90. The molecule has 0 spiro atoms. The summed E-state index contributed by atoms with van der Waals surface area (Å²) in [5.74, 6) is 0.701. The summed E-state index contributed by atoms with van der Waals surface area (Å²) >= 11 is 0. The Balaban J connectivity index is 2.17. The Labute approximate surface area is 112 Å². The van der Waals surface area contributed by atoms with E-state index >= 15 is 0 Å². The van der Waals surface area contributed by atoms with Gasteiger partial charge in [-0.25, -0.2) is 4.85 Å². The minimum absolute atomic E-state index is 0.337. The molecule has 0 amide bonds. The summed E-state index contributed by atoms with van der Waals surface area (Å²) in [6.07, 6.45) is 4.47. The normalized spacial score (nSPS) is 18.9. The molecule has 96 valence electrons. The van der Waals surface area contributed by atoms with Gasteiger partial charge < -0.3 is 4.57 Å². The highest BCUT2D eigenvalue weighted by atomic mass is 16.1. The van der Waals surface area contributed by atoms with Crippen molar-refractivity contribution in [3.05, 3.63) is 41.4 Å². The zero-order chi connectivity index (χ0) is 13.4. The fraction of sp³-hybridized carbons (Fsp3) is 0.375. The second kappa shape index (κ2) is 4.55. The van der Waals surface area contributed by atoms with Gasteiger partial charge in [-0.15, -0.1) is 0 Å². The molecule has 1 unspecified atom stereocenters. The van der Waals surface area contributed by atoms with Gasteiger partial charge in [-0.05, 0) is 42.3 Å². The average molecular weight is 252 g/mol. The minimum Gasteiger partial charge on any atom is -0.348 e. The summed E-state index contributed by atoms with van der Waals surface area (Å²) in [7, 11) is 0. The number of nitrogens with zero attached hydrogens (tertiary/aromatic N) is 2. The third-order valence-electron chi connectivity index (χ3n) is 4.05. The fourth-order valence-electron chi connectivity index (χ4n) is 3.05. The lowest BCUT2D eigenvalue weighted by Gasteiger charge is -2.06. The Morgan fingerprint density at radius 3 is 2.95 bits per heavy atom. The molecule has 3 rings (SSSR count). The van der Waals surface area contributed by atoms with E-state index in [0.29, 0.717) is 30.2 Å². The second-order valence-electron chi connectivity index (χ2n) is 5.16. The van der Waals surface area contributed by atoms with Crippen molar-refractivity contribution in [3.63, 3.8) is 0 Å². The number of rotatable bonds is 2. The Bertz CT molecular complexity index is 691. The van der Waals surface area contributed by atoms with Gasteiger partial charge in [0.2, 0.25) is 0 Å². The third-order valence-corrected chi connectivity index (χ3v) is 4.05. The molecule has 1 aromatic heterocycles. The van der Waals surface area contributed by atoms with Crippen LogP contribution in [0.5, 0.6) is 0 Å². The van der Waals surface area contributed by atoms with Crippen LogP contribution in [0.1, 0.15) is 37.7 Å². The number of carbonyl (C=O) groups is 1. The molecule has 0 saturated heterocycles.